The number of halogens is 1. The zero-order valence-corrected chi connectivity index (χ0v) is 18.0. The average molecular weight is 458 g/mol. The molecule has 2 aliphatic heterocycles. The maximum Gasteiger partial charge on any atom is 0.227 e. The fourth-order valence-corrected chi connectivity index (χ4v) is 4.20. The number of hydrogen-bond acceptors (Lipinski definition) is 8. The third-order valence-electron chi connectivity index (χ3n) is 5.55. The summed E-state index contributed by atoms with van der Waals surface area (Å²) in [6, 6.07) is 6.44. The van der Waals surface area contributed by atoms with Gasteiger partial charge in [0.15, 0.2) is 0 Å². The van der Waals surface area contributed by atoms with Crippen molar-refractivity contribution in [1.29, 1.82) is 5.26 Å². The molecular formula is C20H24BrN7O. The third-order valence-corrected chi connectivity index (χ3v) is 5.98. The van der Waals surface area contributed by atoms with E-state index in [1.807, 2.05) is 18.3 Å². The van der Waals surface area contributed by atoms with Gasteiger partial charge in [0, 0.05) is 56.1 Å². The first-order valence-electron chi connectivity index (χ1n) is 9.85. The molecule has 0 saturated carbocycles. The number of nitriles is 1. The van der Waals surface area contributed by atoms with Crippen molar-refractivity contribution in [2.45, 2.75) is 18.9 Å². The van der Waals surface area contributed by atoms with Crippen LogP contribution in [0.5, 0.6) is 0 Å². The van der Waals surface area contributed by atoms with Crippen molar-refractivity contribution in [1.82, 2.24) is 15.0 Å². The Morgan fingerprint density at radius 1 is 1.17 bits per heavy atom. The SMILES string of the molecule is CN(c1ccnc(N2CCOCC2)n1)C1CCN(c2ncc(Br)cc2C#N)CC1. The van der Waals surface area contributed by atoms with Crippen LogP contribution in [0.25, 0.3) is 0 Å². The highest BCUT2D eigenvalue weighted by Crippen LogP contribution is 2.27. The van der Waals surface area contributed by atoms with Gasteiger partial charge in [-0.25, -0.2) is 9.97 Å². The molecule has 152 valence electrons. The Kier molecular flexibility index (Phi) is 6.11. The van der Waals surface area contributed by atoms with Crippen LogP contribution in [0.4, 0.5) is 17.6 Å². The van der Waals surface area contributed by atoms with Gasteiger partial charge in [-0.3, -0.25) is 0 Å². The summed E-state index contributed by atoms with van der Waals surface area (Å²) in [5.41, 5.74) is 0.608. The van der Waals surface area contributed by atoms with E-state index in [9.17, 15) is 5.26 Å². The highest BCUT2D eigenvalue weighted by Gasteiger charge is 2.26. The van der Waals surface area contributed by atoms with Crippen LogP contribution in [0.1, 0.15) is 18.4 Å². The first kappa shape index (κ1) is 19.9. The molecular weight excluding hydrogens is 434 g/mol. The fourth-order valence-electron chi connectivity index (χ4n) is 3.87. The Labute approximate surface area is 179 Å². The maximum atomic E-state index is 9.42. The first-order valence-corrected chi connectivity index (χ1v) is 10.6. The second-order valence-electron chi connectivity index (χ2n) is 7.28. The highest BCUT2D eigenvalue weighted by atomic mass is 79.9. The van der Waals surface area contributed by atoms with Crippen LogP contribution in [0.2, 0.25) is 0 Å². The molecule has 0 atom stereocenters. The lowest BCUT2D eigenvalue weighted by Gasteiger charge is -2.38. The molecule has 2 aliphatic rings. The maximum absolute atomic E-state index is 9.42. The molecule has 2 aromatic heterocycles. The number of pyridine rings is 1. The van der Waals surface area contributed by atoms with Gasteiger partial charge in [-0.2, -0.15) is 10.2 Å². The van der Waals surface area contributed by atoms with E-state index >= 15 is 0 Å². The molecule has 0 aromatic carbocycles. The molecule has 0 aliphatic carbocycles. The van der Waals surface area contributed by atoms with Gasteiger partial charge in [0.2, 0.25) is 5.95 Å². The summed E-state index contributed by atoms with van der Waals surface area (Å²) in [4.78, 5) is 20.3. The van der Waals surface area contributed by atoms with Crippen LogP contribution >= 0.6 is 15.9 Å². The smallest absolute Gasteiger partial charge is 0.227 e. The summed E-state index contributed by atoms with van der Waals surface area (Å²) in [5.74, 6) is 2.49. The second-order valence-corrected chi connectivity index (χ2v) is 8.20. The van der Waals surface area contributed by atoms with E-state index in [2.05, 4.69) is 53.7 Å². The van der Waals surface area contributed by atoms with E-state index in [-0.39, 0.29) is 0 Å². The summed E-state index contributed by atoms with van der Waals surface area (Å²) >= 11 is 3.39. The van der Waals surface area contributed by atoms with E-state index in [1.54, 1.807) is 6.20 Å². The number of anilines is 3. The Hall–Kier alpha value is -2.44. The number of rotatable bonds is 4. The van der Waals surface area contributed by atoms with Gasteiger partial charge in [-0.15, -0.1) is 0 Å². The van der Waals surface area contributed by atoms with Crippen molar-refractivity contribution in [2.75, 3.05) is 61.1 Å². The van der Waals surface area contributed by atoms with Gasteiger partial charge in [-0.05, 0) is 40.9 Å². The highest BCUT2D eigenvalue weighted by molar-refractivity contribution is 9.10. The Morgan fingerprint density at radius 2 is 1.93 bits per heavy atom. The van der Waals surface area contributed by atoms with E-state index in [0.717, 1.165) is 74.3 Å². The van der Waals surface area contributed by atoms with Crippen molar-refractivity contribution in [3.8, 4) is 6.07 Å². The van der Waals surface area contributed by atoms with Gasteiger partial charge >= 0.3 is 0 Å². The number of piperidine rings is 1. The molecule has 0 N–H and O–H groups in total. The molecule has 4 heterocycles. The predicted octanol–water partition coefficient (Wildman–Crippen LogP) is 2.45. The van der Waals surface area contributed by atoms with E-state index in [1.165, 1.54) is 0 Å². The molecule has 0 bridgehead atoms. The van der Waals surface area contributed by atoms with Crippen molar-refractivity contribution < 1.29 is 4.74 Å². The monoisotopic (exact) mass is 457 g/mol. The van der Waals surface area contributed by atoms with Crippen LogP contribution in [-0.2, 0) is 4.74 Å². The quantitative estimate of drug-likeness (QED) is 0.692. The topological polar surface area (TPSA) is 81.4 Å². The Bertz CT molecular complexity index is 889. The second kappa shape index (κ2) is 8.93. The van der Waals surface area contributed by atoms with Crippen molar-refractivity contribution in [3.63, 3.8) is 0 Å². The van der Waals surface area contributed by atoms with Crippen molar-refractivity contribution in [3.05, 3.63) is 34.6 Å². The fraction of sp³-hybridized carbons (Fsp3) is 0.500. The molecule has 2 saturated heterocycles. The van der Waals surface area contributed by atoms with Crippen molar-refractivity contribution in [2.24, 2.45) is 0 Å². The molecule has 0 unspecified atom stereocenters. The lowest BCUT2D eigenvalue weighted by atomic mass is 10.0. The van der Waals surface area contributed by atoms with E-state index in [4.69, 9.17) is 9.72 Å². The van der Waals surface area contributed by atoms with E-state index < -0.39 is 0 Å². The minimum Gasteiger partial charge on any atom is -0.378 e. The van der Waals surface area contributed by atoms with E-state index in [0.29, 0.717) is 11.6 Å². The van der Waals surface area contributed by atoms with Crippen LogP contribution in [0.15, 0.2) is 29.0 Å². The van der Waals surface area contributed by atoms with Gasteiger partial charge < -0.3 is 19.4 Å². The van der Waals surface area contributed by atoms with Gasteiger partial charge in [0.05, 0.1) is 18.8 Å². The van der Waals surface area contributed by atoms with Crippen LogP contribution < -0.4 is 14.7 Å². The number of aromatic nitrogens is 3. The third kappa shape index (κ3) is 4.43. The standard InChI is InChI=1S/C20H24BrN7O/c1-26(18-2-5-23-20(25-18)28-8-10-29-11-9-28)17-3-6-27(7-4-17)19-15(13-22)12-16(21)14-24-19/h2,5,12,14,17H,3-4,6-11H2,1H3. The number of nitrogens with zero attached hydrogens (tertiary/aromatic N) is 7. The summed E-state index contributed by atoms with van der Waals surface area (Å²) in [6.45, 7) is 4.81. The van der Waals surface area contributed by atoms with Crippen LogP contribution in [-0.4, -0.2) is 67.4 Å². The summed E-state index contributed by atoms with van der Waals surface area (Å²) in [5, 5.41) is 9.42. The number of hydrogen-bond donors (Lipinski definition) is 0. The minimum atomic E-state index is 0.389. The van der Waals surface area contributed by atoms with Gasteiger partial charge in [-0.1, -0.05) is 0 Å². The van der Waals surface area contributed by atoms with Crippen molar-refractivity contribution >= 4 is 33.5 Å². The summed E-state index contributed by atoms with van der Waals surface area (Å²) in [6.07, 6.45) is 5.55. The first-order chi connectivity index (χ1) is 14.2. The number of ether oxygens (including phenoxy) is 1. The van der Waals surface area contributed by atoms with Gasteiger partial charge in [0.1, 0.15) is 17.7 Å². The molecule has 4 rings (SSSR count). The zero-order chi connectivity index (χ0) is 20.2. The Balaban J connectivity index is 1.42. The minimum absolute atomic E-state index is 0.389. The molecule has 2 aromatic rings. The summed E-state index contributed by atoms with van der Waals surface area (Å²) in [7, 11) is 2.10. The lowest BCUT2D eigenvalue weighted by Crippen LogP contribution is -2.44. The predicted molar refractivity (Wildman–Crippen MR) is 115 cm³/mol. The van der Waals surface area contributed by atoms with Gasteiger partial charge in [0.25, 0.3) is 0 Å². The molecule has 0 spiro atoms. The molecule has 8 nitrogen and oxygen atoms in total. The molecule has 0 amide bonds. The molecule has 0 radical (unpaired) electrons. The van der Waals surface area contributed by atoms with Crippen LogP contribution in [0.3, 0.4) is 0 Å². The molecule has 2 fully saturated rings. The summed E-state index contributed by atoms with van der Waals surface area (Å²) < 4.78 is 6.25. The van der Waals surface area contributed by atoms with Crippen LogP contribution in [0, 0.1) is 11.3 Å². The molecule has 9 heteroatoms. The normalized spacial score (nSPS) is 17.8. The zero-order valence-electron chi connectivity index (χ0n) is 16.5. The average Bonchev–Trinajstić information content (AvgIpc) is 2.79. The Morgan fingerprint density at radius 3 is 2.66 bits per heavy atom. The largest absolute Gasteiger partial charge is 0.378 e. The lowest BCUT2D eigenvalue weighted by molar-refractivity contribution is 0.122. The number of morpholine rings is 1. The molecule has 29 heavy (non-hydrogen) atoms.